The second-order valence-electron chi connectivity index (χ2n) is 5.54. The number of hydrogen-bond donors (Lipinski definition) is 1. The Morgan fingerprint density at radius 1 is 1.42 bits per heavy atom. The number of sulfonamides is 1. The van der Waals surface area contributed by atoms with Gasteiger partial charge in [0.25, 0.3) is 0 Å². The Morgan fingerprint density at radius 2 is 2.05 bits per heavy atom. The number of nitrogens with two attached hydrogens (primary N) is 1. The number of ether oxygens (including phenoxy) is 1. The molecule has 0 fully saturated rings. The van der Waals surface area contributed by atoms with Gasteiger partial charge in [-0.2, -0.15) is 0 Å². The van der Waals surface area contributed by atoms with E-state index in [4.69, 9.17) is 21.5 Å². The summed E-state index contributed by atoms with van der Waals surface area (Å²) >= 11 is 5.80. The highest BCUT2D eigenvalue weighted by Crippen LogP contribution is 2.28. The van der Waals surface area contributed by atoms with Crippen LogP contribution in [0.25, 0.3) is 0 Å². The van der Waals surface area contributed by atoms with Crippen molar-refractivity contribution in [1.82, 2.24) is 4.98 Å². The molecule has 0 saturated carbocycles. The Hall–Kier alpha value is -0.850. The quantitative estimate of drug-likeness (QED) is 0.902. The van der Waals surface area contributed by atoms with Crippen molar-refractivity contribution in [2.24, 2.45) is 16.5 Å². The first-order valence-corrected chi connectivity index (χ1v) is 7.91. The van der Waals surface area contributed by atoms with Crippen LogP contribution in [0.2, 0.25) is 5.02 Å². The minimum atomic E-state index is -3.54. The molecule has 1 rings (SSSR count). The fourth-order valence-corrected chi connectivity index (χ4v) is 2.82. The monoisotopic (exact) mass is 306 g/mol. The highest BCUT2D eigenvalue weighted by atomic mass is 35.5. The lowest BCUT2D eigenvalue weighted by Crippen LogP contribution is -2.35. The van der Waals surface area contributed by atoms with Crippen LogP contribution in [0.1, 0.15) is 20.8 Å². The molecule has 1 atom stereocenters. The molecule has 19 heavy (non-hydrogen) atoms. The van der Waals surface area contributed by atoms with Crippen LogP contribution < -0.4 is 9.88 Å². The van der Waals surface area contributed by atoms with Crippen molar-refractivity contribution in [2.45, 2.75) is 20.8 Å². The molecular weight excluding hydrogens is 288 g/mol. The van der Waals surface area contributed by atoms with Crippen molar-refractivity contribution in [3.8, 4) is 5.75 Å². The summed E-state index contributed by atoms with van der Waals surface area (Å²) < 4.78 is 28.0. The van der Waals surface area contributed by atoms with Crippen LogP contribution in [0, 0.1) is 11.3 Å². The molecule has 0 aliphatic rings. The van der Waals surface area contributed by atoms with E-state index in [2.05, 4.69) is 4.98 Å². The zero-order valence-corrected chi connectivity index (χ0v) is 12.8. The van der Waals surface area contributed by atoms with Crippen LogP contribution >= 0.6 is 11.6 Å². The number of pyridine rings is 1. The summed E-state index contributed by atoms with van der Waals surface area (Å²) in [5.74, 6) is 0.169. The summed E-state index contributed by atoms with van der Waals surface area (Å²) in [6.07, 6.45) is 3.03. The van der Waals surface area contributed by atoms with Crippen LogP contribution in [-0.4, -0.2) is 25.8 Å². The summed E-state index contributed by atoms with van der Waals surface area (Å²) in [6.45, 7) is 6.08. The molecule has 1 unspecified atom stereocenters. The molecule has 5 nitrogen and oxygen atoms in total. The Bertz CT molecular complexity index is 526. The third-order valence-electron chi connectivity index (χ3n) is 2.79. The fraction of sp³-hybridized carbons (Fsp3) is 0.583. The Balaban J connectivity index is 2.74. The molecule has 0 amide bonds. The van der Waals surface area contributed by atoms with Crippen molar-refractivity contribution in [2.75, 3.05) is 12.4 Å². The summed E-state index contributed by atoms with van der Waals surface area (Å²) in [5.41, 5.74) is -0.238. The van der Waals surface area contributed by atoms with Crippen molar-refractivity contribution in [1.29, 1.82) is 0 Å². The van der Waals surface area contributed by atoms with Crippen molar-refractivity contribution >= 4 is 21.6 Å². The van der Waals surface area contributed by atoms with Crippen molar-refractivity contribution < 1.29 is 13.2 Å². The van der Waals surface area contributed by atoms with Gasteiger partial charge in [-0.15, -0.1) is 0 Å². The van der Waals surface area contributed by atoms with E-state index in [1.54, 1.807) is 6.07 Å². The molecular formula is C12H19ClN2O3S. The van der Waals surface area contributed by atoms with E-state index < -0.39 is 10.0 Å². The van der Waals surface area contributed by atoms with Crippen LogP contribution in [0.4, 0.5) is 0 Å². The Kier molecular flexibility index (Phi) is 5.18. The summed E-state index contributed by atoms with van der Waals surface area (Å²) in [7, 11) is -3.54. The van der Waals surface area contributed by atoms with Gasteiger partial charge in [-0.1, -0.05) is 32.4 Å². The molecule has 1 aromatic rings. The minimum Gasteiger partial charge on any atom is -0.492 e. The van der Waals surface area contributed by atoms with E-state index >= 15 is 0 Å². The molecule has 0 saturated heterocycles. The largest absolute Gasteiger partial charge is 0.492 e. The van der Waals surface area contributed by atoms with Gasteiger partial charge in [0.2, 0.25) is 10.0 Å². The standard InChI is InChI=1S/C12H19ClN2O3S/c1-12(2,3)9(8-19(14,16)17)7-18-11-4-10(13)5-15-6-11/h4-6,9H,7-8H2,1-3H3,(H2,14,16,17). The van der Waals surface area contributed by atoms with Gasteiger partial charge in [0, 0.05) is 18.2 Å². The molecule has 0 radical (unpaired) electrons. The number of primary sulfonamides is 1. The summed E-state index contributed by atoms with van der Waals surface area (Å²) in [4.78, 5) is 3.90. The summed E-state index contributed by atoms with van der Waals surface area (Å²) in [6, 6.07) is 1.63. The van der Waals surface area contributed by atoms with E-state index in [0.717, 1.165) is 0 Å². The first-order valence-electron chi connectivity index (χ1n) is 5.82. The molecule has 1 heterocycles. The van der Waals surface area contributed by atoms with Gasteiger partial charge in [-0.25, -0.2) is 13.6 Å². The second-order valence-corrected chi connectivity index (χ2v) is 7.64. The molecule has 108 valence electrons. The van der Waals surface area contributed by atoms with Gasteiger partial charge in [0.1, 0.15) is 5.75 Å². The second kappa shape index (κ2) is 6.07. The lowest BCUT2D eigenvalue weighted by molar-refractivity contribution is 0.163. The van der Waals surface area contributed by atoms with Gasteiger partial charge in [0.05, 0.1) is 23.6 Å². The molecule has 0 aliphatic heterocycles. The SMILES string of the molecule is CC(C)(C)C(COc1cncc(Cl)c1)CS(N)(=O)=O. The van der Waals surface area contributed by atoms with E-state index in [9.17, 15) is 8.42 Å². The summed E-state index contributed by atoms with van der Waals surface area (Å²) in [5, 5.41) is 5.58. The Labute approximate surface area is 119 Å². The van der Waals surface area contributed by atoms with Crippen molar-refractivity contribution in [3.05, 3.63) is 23.5 Å². The normalized spacial score (nSPS) is 14.2. The average Bonchev–Trinajstić information content (AvgIpc) is 2.21. The predicted molar refractivity (Wildman–Crippen MR) is 75.7 cm³/mol. The smallest absolute Gasteiger partial charge is 0.209 e. The lowest BCUT2D eigenvalue weighted by atomic mass is 9.82. The highest BCUT2D eigenvalue weighted by molar-refractivity contribution is 7.89. The van der Waals surface area contributed by atoms with Gasteiger partial charge < -0.3 is 4.74 Å². The maximum atomic E-state index is 11.2. The van der Waals surface area contributed by atoms with Crippen LogP contribution in [-0.2, 0) is 10.0 Å². The lowest BCUT2D eigenvalue weighted by Gasteiger charge is -2.29. The van der Waals surface area contributed by atoms with Gasteiger partial charge in [0.15, 0.2) is 0 Å². The fourth-order valence-electron chi connectivity index (χ4n) is 1.50. The van der Waals surface area contributed by atoms with E-state index in [1.807, 2.05) is 20.8 Å². The number of halogens is 1. The van der Waals surface area contributed by atoms with E-state index in [-0.39, 0.29) is 23.7 Å². The highest BCUT2D eigenvalue weighted by Gasteiger charge is 2.29. The first kappa shape index (κ1) is 16.2. The third-order valence-corrected chi connectivity index (χ3v) is 3.86. The minimum absolute atomic E-state index is 0.121. The zero-order chi connectivity index (χ0) is 14.7. The van der Waals surface area contributed by atoms with Crippen LogP contribution in [0.15, 0.2) is 18.5 Å². The molecule has 1 aromatic heterocycles. The van der Waals surface area contributed by atoms with Crippen molar-refractivity contribution in [3.63, 3.8) is 0 Å². The van der Waals surface area contributed by atoms with E-state index in [0.29, 0.717) is 10.8 Å². The van der Waals surface area contributed by atoms with Crippen LogP contribution in [0.3, 0.4) is 0 Å². The number of hydrogen-bond acceptors (Lipinski definition) is 4. The molecule has 0 aliphatic carbocycles. The molecule has 0 bridgehead atoms. The zero-order valence-electron chi connectivity index (χ0n) is 11.3. The maximum absolute atomic E-state index is 11.2. The number of rotatable bonds is 5. The van der Waals surface area contributed by atoms with Crippen LogP contribution in [0.5, 0.6) is 5.75 Å². The number of nitrogens with zero attached hydrogens (tertiary/aromatic N) is 1. The predicted octanol–water partition coefficient (Wildman–Crippen LogP) is 2.06. The number of aromatic nitrogens is 1. The van der Waals surface area contributed by atoms with Gasteiger partial charge >= 0.3 is 0 Å². The van der Waals surface area contributed by atoms with E-state index in [1.165, 1.54) is 12.4 Å². The van der Waals surface area contributed by atoms with Gasteiger partial charge in [-0.05, 0) is 5.41 Å². The third kappa shape index (κ3) is 6.22. The topological polar surface area (TPSA) is 82.3 Å². The molecule has 0 spiro atoms. The molecule has 7 heteroatoms. The van der Waals surface area contributed by atoms with Gasteiger partial charge in [-0.3, -0.25) is 4.98 Å². The molecule has 2 N–H and O–H groups in total. The first-order chi connectivity index (χ1) is 8.58. The average molecular weight is 307 g/mol. The maximum Gasteiger partial charge on any atom is 0.209 e. The molecule has 0 aromatic carbocycles. The Morgan fingerprint density at radius 3 is 2.53 bits per heavy atom.